The van der Waals surface area contributed by atoms with Crippen LogP contribution in [0.3, 0.4) is 0 Å². The first-order valence-electron chi connectivity index (χ1n) is 6.62. The number of rotatable bonds is 3. The molecule has 6 heteroatoms. The summed E-state index contributed by atoms with van der Waals surface area (Å²) in [6.45, 7) is 2.29. The van der Waals surface area contributed by atoms with Crippen molar-refractivity contribution in [1.82, 2.24) is 4.98 Å². The highest BCUT2D eigenvalue weighted by Gasteiger charge is 2.18. The molecule has 5 nitrogen and oxygen atoms in total. The van der Waals surface area contributed by atoms with Gasteiger partial charge in [-0.05, 0) is 41.1 Å². The minimum absolute atomic E-state index is 0.00640. The van der Waals surface area contributed by atoms with Crippen LogP contribution in [0.2, 0.25) is 0 Å². The van der Waals surface area contributed by atoms with Gasteiger partial charge in [-0.2, -0.15) is 0 Å². The first kappa shape index (κ1) is 14.2. The van der Waals surface area contributed by atoms with E-state index in [4.69, 9.17) is 0 Å². The molecular weight excluding hydrogens is 310 g/mol. The highest BCUT2D eigenvalue weighted by atomic mass is 79.9. The standard InChI is InChI=1S/C13H18BrN3O2/c1-9-3-2-4-10(6-5-9)16-13-12(14)7-11(8-15-13)17(18)19/h7-10H,2-6H2,1H3,(H,15,16). The van der Waals surface area contributed by atoms with Gasteiger partial charge in [-0.1, -0.05) is 19.8 Å². The molecule has 0 saturated heterocycles. The van der Waals surface area contributed by atoms with Gasteiger partial charge in [0.05, 0.1) is 9.40 Å². The lowest BCUT2D eigenvalue weighted by Gasteiger charge is -2.17. The van der Waals surface area contributed by atoms with Gasteiger partial charge >= 0.3 is 0 Å². The Kier molecular flexibility index (Phi) is 4.74. The summed E-state index contributed by atoms with van der Waals surface area (Å²) in [5.41, 5.74) is 0.00640. The van der Waals surface area contributed by atoms with Gasteiger partial charge < -0.3 is 5.32 Å². The number of nitrogens with zero attached hydrogens (tertiary/aromatic N) is 2. The molecule has 2 rings (SSSR count). The molecular formula is C13H18BrN3O2. The molecule has 0 spiro atoms. The summed E-state index contributed by atoms with van der Waals surface area (Å²) in [7, 11) is 0. The molecule has 1 aromatic rings. The molecule has 0 bridgehead atoms. The van der Waals surface area contributed by atoms with Crippen molar-refractivity contribution in [2.24, 2.45) is 5.92 Å². The highest BCUT2D eigenvalue weighted by molar-refractivity contribution is 9.10. The monoisotopic (exact) mass is 327 g/mol. The van der Waals surface area contributed by atoms with Crippen molar-refractivity contribution in [3.8, 4) is 0 Å². The Hall–Kier alpha value is -1.17. The summed E-state index contributed by atoms with van der Waals surface area (Å²) >= 11 is 3.34. The lowest BCUT2D eigenvalue weighted by molar-refractivity contribution is -0.385. The number of pyridine rings is 1. The fraction of sp³-hybridized carbons (Fsp3) is 0.615. The molecule has 0 aliphatic heterocycles. The van der Waals surface area contributed by atoms with Crippen molar-refractivity contribution in [3.63, 3.8) is 0 Å². The molecule has 1 saturated carbocycles. The van der Waals surface area contributed by atoms with Gasteiger partial charge in [0.2, 0.25) is 0 Å². The molecule has 1 N–H and O–H groups in total. The molecule has 0 radical (unpaired) electrons. The summed E-state index contributed by atoms with van der Waals surface area (Å²) in [5.74, 6) is 1.49. The van der Waals surface area contributed by atoms with E-state index in [0.29, 0.717) is 16.3 Å². The zero-order valence-corrected chi connectivity index (χ0v) is 12.5. The van der Waals surface area contributed by atoms with Crippen molar-refractivity contribution in [2.75, 3.05) is 5.32 Å². The molecule has 0 amide bonds. The Labute approximate surface area is 121 Å². The van der Waals surface area contributed by atoms with Crippen LogP contribution in [0.15, 0.2) is 16.7 Å². The van der Waals surface area contributed by atoms with E-state index in [1.807, 2.05) is 0 Å². The van der Waals surface area contributed by atoms with Gasteiger partial charge in [0.15, 0.2) is 0 Å². The second-order valence-corrected chi connectivity index (χ2v) is 6.09. The average Bonchev–Trinajstić information content (AvgIpc) is 2.57. The zero-order chi connectivity index (χ0) is 13.8. The van der Waals surface area contributed by atoms with Crippen molar-refractivity contribution in [3.05, 3.63) is 26.9 Å². The first-order valence-corrected chi connectivity index (χ1v) is 7.42. The summed E-state index contributed by atoms with van der Waals surface area (Å²) in [6, 6.07) is 1.91. The lowest BCUT2D eigenvalue weighted by atomic mass is 10.0. The third kappa shape index (κ3) is 3.89. The normalized spacial score (nSPS) is 23.7. The molecule has 0 aromatic carbocycles. The van der Waals surface area contributed by atoms with Gasteiger partial charge in [-0.25, -0.2) is 4.98 Å². The van der Waals surface area contributed by atoms with E-state index < -0.39 is 4.92 Å². The SMILES string of the molecule is CC1CCCC(Nc2ncc([N+](=O)[O-])cc2Br)CC1. The number of halogens is 1. The summed E-state index contributed by atoms with van der Waals surface area (Å²) in [6.07, 6.45) is 7.30. The number of anilines is 1. The van der Waals surface area contributed by atoms with Gasteiger partial charge in [-0.3, -0.25) is 10.1 Å². The predicted octanol–water partition coefficient (Wildman–Crippen LogP) is 4.13. The zero-order valence-electron chi connectivity index (χ0n) is 10.9. The average molecular weight is 328 g/mol. The van der Waals surface area contributed by atoms with Crippen LogP contribution in [-0.4, -0.2) is 15.9 Å². The number of aromatic nitrogens is 1. The predicted molar refractivity (Wildman–Crippen MR) is 78.3 cm³/mol. The van der Waals surface area contributed by atoms with Crippen LogP contribution in [-0.2, 0) is 0 Å². The summed E-state index contributed by atoms with van der Waals surface area (Å²) in [4.78, 5) is 14.4. The molecule has 1 fully saturated rings. The Morgan fingerprint density at radius 3 is 2.89 bits per heavy atom. The minimum atomic E-state index is -0.436. The maximum atomic E-state index is 10.7. The Morgan fingerprint density at radius 2 is 2.21 bits per heavy atom. The Balaban J connectivity index is 2.04. The van der Waals surface area contributed by atoms with Crippen LogP contribution in [0.4, 0.5) is 11.5 Å². The Morgan fingerprint density at radius 1 is 1.42 bits per heavy atom. The number of nitrogens with one attached hydrogen (secondary N) is 1. The summed E-state index contributed by atoms with van der Waals surface area (Å²) < 4.78 is 0.652. The molecule has 2 unspecified atom stereocenters. The van der Waals surface area contributed by atoms with Crippen LogP contribution < -0.4 is 5.32 Å². The number of hydrogen-bond donors (Lipinski definition) is 1. The van der Waals surface area contributed by atoms with Gasteiger partial charge in [0.1, 0.15) is 12.0 Å². The van der Waals surface area contributed by atoms with Crippen LogP contribution in [0.1, 0.15) is 39.0 Å². The van der Waals surface area contributed by atoms with Crippen molar-refractivity contribution in [1.29, 1.82) is 0 Å². The van der Waals surface area contributed by atoms with E-state index in [1.54, 1.807) is 0 Å². The lowest BCUT2D eigenvalue weighted by Crippen LogP contribution is -2.19. The van der Waals surface area contributed by atoms with E-state index in [2.05, 4.69) is 33.2 Å². The van der Waals surface area contributed by atoms with Crippen molar-refractivity contribution in [2.45, 2.75) is 45.1 Å². The molecule has 1 aliphatic rings. The maximum absolute atomic E-state index is 10.7. The summed E-state index contributed by atoms with van der Waals surface area (Å²) in [5, 5.41) is 14.1. The van der Waals surface area contributed by atoms with Gasteiger partial charge in [0.25, 0.3) is 5.69 Å². The maximum Gasteiger partial charge on any atom is 0.288 e. The minimum Gasteiger partial charge on any atom is -0.366 e. The molecule has 1 aromatic heterocycles. The van der Waals surface area contributed by atoms with Crippen LogP contribution in [0.25, 0.3) is 0 Å². The first-order chi connectivity index (χ1) is 9.06. The fourth-order valence-electron chi connectivity index (χ4n) is 2.46. The molecule has 1 aliphatic carbocycles. The Bertz CT molecular complexity index is 467. The molecule has 19 heavy (non-hydrogen) atoms. The van der Waals surface area contributed by atoms with Gasteiger partial charge in [0, 0.05) is 12.1 Å². The van der Waals surface area contributed by atoms with E-state index in [-0.39, 0.29) is 5.69 Å². The van der Waals surface area contributed by atoms with E-state index >= 15 is 0 Å². The third-order valence-electron chi connectivity index (χ3n) is 3.64. The van der Waals surface area contributed by atoms with Crippen molar-refractivity contribution >= 4 is 27.4 Å². The third-order valence-corrected chi connectivity index (χ3v) is 4.24. The topological polar surface area (TPSA) is 68.1 Å². The van der Waals surface area contributed by atoms with E-state index in [1.165, 1.54) is 31.5 Å². The smallest absolute Gasteiger partial charge is 0.288 e. The quantitative estimate of drug-likeness (QED) is 0.514. The number of nitro groups is 1. The van der Waals surface area contributed by atoms with Gasteiger partial charge in [-0.15, -0.1) is 0 Å². The molecule has 2 atom stereocenters. The largest absolute Gasteiger partial charge is 0.366 e. The van der Waals surface area contributed by atoms with E-state index in [0.717, 1.165) is 18.8 Å². The number of hydrogen-bond acceptors (Lipinski definition) is 4. The molecule has 1 heterocycles. The van der Waals surface area contributed by atoms with Crippen LogP contribution in [0, 0.1) is 16.0 Å². The molecule has 104 valence electrons. The van der Waals surface area contributed by atoms with Crippen LogP contribution >= 0.6 is 15.9 Å². The fourth-order valence-corrected chi connectivity index (χ4v) is 2.91. The second-order valence-electron chi connectivity index (χ2n) is 5.24. The highest BCUT2D eigenvalue weighted by Crippen LogP contribution is 2.28. The van der Waals surface area contributed by atoms with Crippen LogP contribution in [0.5, 0.6) is 0 Å². The second kappa shape index (κ2) is 6.32. The van der Waals surface area contributed by atoms with Crippen molar-refractivity contribution < 1.29 is 4.92 Å². The van der Waals surface area contributed by atoms with E-state index in [9.17, 15) is 10.1 Å².